The highest BCUT2D eigenvalue weighted by Gasteiger charge is 2.17. The first-order chi connectivity index (χ1) is 13.2. The lowest BCUT2D eigenvalue weighted by atomic mass is 10.1. The number of benzene rings is 1. The SMILES string of the molecule is CCc1nc(NCc2ccc(C)cc2OCC2CCOC2)c2ccsc2n1. The van der Waals surface area contributed by atoms with E-state index in [0.717, 1.165) is 59.2 Å². The summed E-state index contributed by atoms with van der Waals surface area (Å²) < 4.78 is 11.6. The molecule has 0 bridgehead atoms. The predicted molar refractivity (Wildman–Crippen MR) is 110 cm³/mol. The largest absolute Gasteiger partial charge is 0.493 e. The van der Waals surface area contributed by atoms with E-state index in [2.05, 4.69) is 53.8 Å². The van der Waals surface area contributed by atoms with Crippen LogP contribution in [0.2, 0.25) is 0 Å². The number of nitrogens with zero attached hydrogens (tertiary/aromatic N) is 2. The van der Waals surface area contributed by atoms with E-state index in [4.69, 9.17) is 14.5 Å². The molecule has 1 aliphatic heterocycles. The van der Waals surface area contributed by atoms with Gasteiger partial charge in [0.2, 0.25) is 0 Å². The molecule has 1 aliphatic rings. The Morgan fingerprint density at radius 1 is 1.30 bits per heavy atom. The quantitative estimate of drug-likeness (QED) is 0.647. The van der Waals surface area contributed by atoms with Crippen molar-refractivity contribution in [3.63, 3.8) is 0 Å². The smallest absolute Gasteiger partial charge is 0.138 e. The number of hydrogen-bond acceptors (Lipinski definition) is 6. The first kappa shape index (κ1) is 18.2. The Morgan fingerprint density at radius 3 is 3.04 bits per heavy atom. The number of fused-ring (bicyclic) bond motifs is 1. The van der Waals surface area contributed by atoms with Gasteiger partial charge >= 0.3 is 0 Å². The fourth-order valence-corrected chi connectivity index (χ4v) is 4.02. The minimum atomic E-state index is 0.491. The lowest BCUT2D eigenvalue weighted by Gasteiger charge is -2.16. The summed E-state index contributed by atoms with van der Waals surface area (Å²) in [5.74, 6) is 3.20. The molecule has 1 N–H and O–H groups in total. The third-order valence-electron chi connectivity index (χ3n) is 4.86. The Hall–Kier alpha value is -2.18. The zero-order valence-electron chi connectivity index (χ0n) is 15.8. The van der Waals surface area contributed by atoms with Crippen LogP contribution in [0.3, 0.4) is 0 Å². The molecule has 0 radical (unpaired) electrons. The third-order valence-corrected chi connectivity index (χ3v) is 5.66. The minimum Gasteiger partial charge on any atom is -0.493 e. The van der Waals surface area contributed by atoms with Crippen LogP contribution in [0.15, 0.2) is 29.6 Å². The molecule has 4 rings (SSSR count). The van der Waals surface area contributed by atoms with Crippen LogP contribution in [0, 0.1) is 12.8 Å². The summed E-state index contributed by atoms with van der Waals surface area (Å²) in [6, 6.07) is 8.45. The molecule has 2 aromatic heterocycles. The van der Waals surface area contributed by atoms with Gasteiger partial charge in [-0.2, -0.15) is 0 Å². The molecule has 6 heteroatoms. The van der Waals surface area contributed by atoms with Crippen LogP contribution in [0.4, 0.5) is 5.82 Å². The molecule has 3 heterocycles. The number of hydrogen-bond donors (Lipinski definition) is 1. The van der Waals surface area contributed by atoms with Crippen molar-refractivity contribution in [3.05, 3.63) is 46.6 Å². The Morgan fingerprint density at radius 2 is 2.22 bits per heavy atom. The second-order valence-corrected chi connectivity index (χ2v) is 7.88. The normalized spacial score (nSPS) is 16.7. The van der Waals surface area contributed by atoms with Crippen molar-refractivity contribution in [1.82, 2.24) is 9.97 Å². The van der Waals surface area contributed by atoms with Crippen molar-refractivity contribution in [3.8, 4) is 5.75 Å². The lowest BCUT2D eigenvalue weighted by molar-refractivity contribution is 0.167. The summed E-state index contributed by atoms with van der Waals surface area (Å²) in [4.78, 5) is 10.3. The van der Waals surface area contributed by atoms with Crippen LogP contribution in [0.25, 0.3) is 10.2 Å². The van der Waals surface area contributed by atoms with Crippen LogP contribution in [-0.2, 0) is 17.7 Å². The molecule has 1 saturated heterocycles. The average Bonchev–Trinajstić information content (AvgIpc) is 3.36. The van der Waals surface area contributed by atoms with E-state index < -0.39 is 0 Å². The highest BCUT2D eigenvalue weighted by Crippen LogP contribution is 2.27. The first-order valence-corrected chi connectivity index (χ1v) is 10.4. The topological polar surface area (TPSA) is 56.3 Å². The summed E-state index contributed by atoms with van der Waals surface area (Å²) >= 11 is 1.65. The van der Waals surface area contributed by atoms with Gasteiger partial charge in [0.25, 0.3) is 0 Å². The Balaban J connectivity index is 1.51. The van der Waals surface area contributed by atoms with Gasteiger partial charge in [0.15, 0.2) is 0 Å². The maximum absolute atomic E-state index is 6.16. The van der Waals surface area contributed by atoms with E-state index >= 15 is 0 Å². The number of nitrogens with one attached hydrogen (secondary N) is 1. The maximum atomic E-state index is 6.16. The van der Waals surface area contributed by atoms with E-state index in [9.17, 15) is 0 Å². The van der Waals surface area contributed by atoms with Crippen molar-refractivity contribution in [2.45, 2.75) is 33.2 Å². The van der Waals surface area contributed by atoms with Crippen LogP contribution < -0.4 is 10.1 Å². The Kier molecular flexibility index (Phi) is 5.55. The van der Waals surface area contributed by atoms with E-state index in [1.165, 1.54) is 5.56 Å². The number of aryl methyl sites for hydroxylation is 2. The van der Waals surface area contributed by atoms with Crippen LogP contribution >= 0.6 is 11.3 Å². The molecule has 0 amide bonds. The number of thiophene rings is 1. The van der Waals surface area contributed by atoms with Crippen LogP contribution in [0.5, 0.6) is 5.75 Å². The van der Waals surface area contributed by atoms with Gasteiger partial charge in [0.1, 0.15) is 22.2 Å². The van der Waals surface area contributed by atoms with Crippen molar-refractivity contribution in [1.29, 1.82) is 0 Å². The summed E-state index contributed by atoms with van der Waals surface area (Å²) in [5.41, 5.74) is 2.34. The predicted octanol–water partition coefficient (Wildman–Crippen LogP) is 4.59. The highest BCUT2D eigenvalue weighted by atomic mass is 32.1. The van der Waals surface area contributed by atoms with Crippen molar-refractivity contribution >= 4 is 27.4 Å². The molecule has 3 aromatic rings. The van der Waals surface area contributed by atoms with Gasteiger partial charge in [-0.15, -0.1) is 11.3 Å². The fraction of sp³-hybridized carbons (Fsp3) is 0.429. The molecule has 0 spiro atoms. The molecule has 5 nitrogen and oxygen atoms in total. The molecule has 1 fully saturated rings. The van der Waals surface area contributed by atoms with E-state index in [1.54, 1.807) is 11.3 Å². The van der Waals surface area contributed by atoms with Crippen LogP contribution in [0.1, 0.15) is 30.3 Å². The maximum Gasteiger partial charge on any atom is 0.138 e. The van der Waals surface area contributed by atoms with Crippen LogP contribution in [-0.4, -0.2) is 29.8 Å². The average molecular weight is 384 g/mol. The molecule has 0 aliphatic carbocycles. The van der Waals surface area contributed by atoms with E-state index in [0.29, 0.717) is 19.1 Å². The Bertz CT molecular complexity index is 919. The molecule has 27 heavy (non-hydrogen) atoms. The Labute approximate surface area is 163 Å². The number of anilines is 1. The molecule has 1 aromatic carbocycles. The minimum absolute atomic E-state index is 0.491. The fourth-order valence-electron chi connectivity index (χ4n) is 3.24. The summed E-state index contributed by atoms with van der Waals surface area (Å²) in [6.07, 6.45) is 1.90. The number of ether oxygens (including phenoxy) is 2. The van der Waals surface area contributed by atoms with Gasteiger partial charge in [-0.3, -0.25) is 0 Å². The number of rotatable bonds is 7. The number of aromatic nitrogens is 2. The van der Waals surface area contributed by atoms with E-state index in [-0.39, 0.29) is 0 Å². The van der Waals surface area contributed by atoms with Gasteiger partial charge in [-0.05, 0) is 36.4 Å². The second kappa shape index (κ2) is 8.23. The van der Waals surface area contributed by atoms with Crippen molar-refractivity contribution in [2.24, 2.45) is 5.92 Å². The van der Waals surface area contributed by atoms with Gasteiger partial charge in [0.05, 0.1) is 18.6 Å². The summed E-state index contributed by atoms with van der Waals surface area (Å²) in [7, 11) is 0. The zero-order valence-corrected chi connectivity index (χ0v) is 16.6. The second-order valence-electron chi connectivity index (χ2n) is 6.99. The molecular formula is C21H25N3O2S. The van der Waals surface area contributed by atoms with Gasteiger partial charge < -0.3 is 14.8 Å². The highest BCUT2D eigenvalue weighted by molar-refractivity contribution is 7.16. The van der Waals surface area contributed by atoms with Gasteiger partial charge in [0, 0.05) is 31.1 Å². The van der Waals surface area contributed by atoms with Crippen molar-refractivity contribution in [2.75, 3.05) is 25.1 Å². The van der Waals surface area contributed by atoms with E-state index in [1.807, 2.05) is 0 Å². The standard InChI is InChI=1S/C21H25N3O2S/c1-3-19-23-20(17-7-9-27-21(17)24-19)22-11-16-5-4-14(2)10-18(16)26-13-15-6-8-25-12-15/h4-5,7,9-10,15H,3,6,8,11-13H2,1-2H3,(H,22,23,24). The lowest BCUT2D eigenvalue weighted by Crippen LogP contribution is -2.13. The molecular weight excluding hydrogens is 358 g/mol. The monoisotopic (exact) mass is 383 g/mol. The first-order valence-electron chi connectivity index (χ1n) is 9.51. The molecule has 1 unspecified atom stereocenters. The van der Waals surface area contributed by atoms with Gasteiger partial charge in [-0.25, -0.2) is 9.97 Å². The third kappa shape index (κ3) is 4.22. The molecule has 0 saturated carbocycles. The van der Waals surface area contributed by atoms with Gasteiger partial charge in [-0.1, -0.05) is 19.1 Å². The summed E-state index contributed by atoms with van der Waals surface area (Å²) in [6.45, 7) is 7.20. The zero-order chi connectivity index (χ0) is 18.6. The summed E-state index contributed by atoms with van der Waals surface area (Å²) in [5, 5.41) is 6.65. The molecule has 142 valence electrons. The van der Waals surface area contributed by atoms with Crippen molar-refractivity contribution < 1.29 is 9.47 Å². The molecule has 1 atom stereocenters.